The van der Waals surface area contributed by atoms with Crippen LogP contribution in [0.2, 0.25) is 0 Å². The highest BCUT2D eigenvalue weighted by atomic mass is 32.1. The molecule has 0 unspecified atom stereocenters. The molecule has 0 aromatic carbocycles. The molecule has 2 rings (SSSR count). The Balaban J connectivity index is 2.14. The molecule has 2 aromatic heterocycles. The number of thiocarbonyl (C=S) groups is 1. The third kappa shape index (κ3) is 3.02. The number of nitrogens with two attached hydrogens (primary N) is 1. The molecule has 0 aliphatic rings. The second-order valence-corrected chi connectivity index (χ2v) is 5.19. The summed E-state index contributed by atoms with van der Waals surface area (Å²) in [7, 11) is 0. The van der Waals surface area contributed by atoms with E-state index in [4.69, 9.17) is 18.0 Å². The van der Waals surface area contributed by atoms with E-state index in [0.29, 0.717) is 5.69 Å². The molecule has 0 radical (unpaired) electrons. The molecule has 2 aromatic rings. The Morgan fingerprint density at radius 2 is 2.28 bits per heavy atom. The van der Waals surface area contributed by atoms with Crippen molar-refractivity contribution in [3.63, 3.8) is 0 Å². The van der Waals surface area contributed by atoms with Gasteiger partial charge in [0, 0.05) is 11.4 Å². The van der Waals surface area contributed by atoms with E-state index < -0.39 is 0 Å². The smallest absolute Gasteiger partial charge is 0.147 e. The lowest BCUT2D eigenvalue weighted by Crippen LogP contribution is -2.23. The molecule has 6 heteroatoms. The van der Waals surface area contributed by atoms with Gasteiger partial charge in [-0.2, -0.15) is 0 Å². The van der Waals surface area contributed by atoms with Gasteiger partial charge in [-0.05, 0) is 18.4 Å². The summed E-state index contributed by atoms with van der Waals surface area (Å²) >= 11 is 6.59. The van der Waals surface area contributed by atoms with E-state index in [1.807, 2.05) is 0 Å². The molecule has 0 aliphatic carbocycles. The highest BCUT2D eigenvalue weighted by Crippen LogP contribution is 2.16. The van der Waals surface area contributed by atoms with Crippen molar-refractivity contribution < 1.29 is 0 Å². The Morgan fingerprint density at radius 1 is 1.44 bits per heavy atom. The predicted octanol–water partition coefficient (Wildman–Crippen LogP) is 2.20. The molecular weight excluding hydrogens is 264 g/mol. The van der Waals surface area contributed by atoms with Crippen molar-refractivity contribution in [2.24, 2.45) is 5.73 Å². The van der Waals surface area contributed by atoms with Crippen LogP contribution in [0, 0.1) is 0 Å². The zero-order valence-corrected chi connectivity index (χ0v) is 11.7. The van der Waals surface area contributed by atoms with Crippen LogP contribution in [0.25, 0.3) is 0 Å². The van der Waals surface area contributed by atoms with E-state index in [1.165, 1.54) is 4.88 Å². The molecule has 18 heavy (non-hydrogen) atoms. The van der Waals surface area contributed by atoms with Crippen LogP contribution < -0.4 is 10.6 Å². The van der Waals surface area contributed by atoms with E-state index >= 15 is 0 Å². The summed E-state index contributed by atoms with van der Waals surface area (Å²) in [4.78, 5) is 12.3. The molecule has 4 nitrogen and oxygen atoms in total. The first kappa shape index (κ1) is 12.9. The monoisotopic (exact) mass is 278 g/mol. The van der Waals surface area contributed by atoms with E-state index in [2.05, 4.69) is 39.3 Å². The van der Waals surface area contributed by atoms with Crippen molar-refractivity contribution in [1.82, 2.24) is 9.97 Å². The quantitative estimate of drug-likeness (QED) is 0.850. The summed E-state index contributed by atoms with van der Waals surface area (Å²) in [5, 5.41) is 2.07. The normalized spacial score (nSPS) is 10.3. The Labute approximate surface area is 115 Å². The summed E-state index contributed by atoms with van der Waals surface area (Å²) in [6.45, 7) is 3.81. The lowest BCUT2D eigenvalue weighted by molar-refractivity contribution is 0.818. The molecule has 0 saturated heterocycles. The number of anilines is 1. The van der Waals surface area contributed by atoms with Crippen LogP contribution in [0.4, 0.5) is 5.82 Å². The summed E-state index contributed by atoms with van der Waals surface area (Å²) in [5.74, 6) is 0.839. The van der Waals surface area contributed by atoms with Crippen LogP contribution in [0.1, 0.15) is 17.5 Å². The van der Waals surface area contributed by atoms with Gasteiger partial charge in [-0.25, -0.2) is 9.97 Å². The second-order valence-electron chi connectivity index (χ2n) is 3.72. The third-order valence-corrected chi connectivity index (χ3v) is 3.59. The fourth-order valence-electron chi connectivity index (χ4n) is 1.56. The van der Waals surface area contributed by atoms with Crippen molar-refractivity contribution in [3.8, 4) is 0 Å². The van der Waals surface area contributed by atoms with E-state index in [-0.39, 0.29) is 4.99 Å². The van der Waals surface area contributed by atoms with E-state index in [1.54, 1.807) is 23.7 Å². The van der Waals surface area contributed by atoms with Crippen LogP contribution in [-0.2, 0) is 6.54 Å². The number of hydrogen-bond acceptors (Lipinski definition) is 5. The summed E-state index contributed by atoms with van der Waals surface area (Å²) in [5.41, 5.74) is 6.06. The minimum absolute atomic E-state index is 0.273. The third-order valence-electron chi connectivity index (χ3n) is 2.52. The lowest BCUT2D eigenvalue weighted by atomic mass is 10.4. The Hall–Kier alpha value is -1.53. The molecule has 94 valence electrons. The molecule has 2 N–H and O–H groups in total. The van der Waals surface area contributed by atoms with E-state index in [0.717, 1.165) is 18.9 Å². The summed E-state index contributed by atoms with van der Waals surface area (Å²) < 4.78 is 0. The number of aromatic nitrogens is 2. The highest BCUT2D eigenvalue weighted by Gasteiger charge is 2.08. The number of rotatable bonds is 5. The summed E-state index contributed by atoms with van der Waals surface area (Å²) in [6.07, 6.45) is 3.33. The Kier molecular flexibility index (Phi) is 4.22. The molecule has 0 saturated carbocycles. The number of hydrogen-bond donors (Lipinski definition) is 1. The molecule has 0 amide bonds. The average molecular weight is 278 g/mol. The van der Waals surface area contributed by atoms with Gasteiger partial charge in [0.05, 0.1) is 18.9 Å². The lowest BCUT2D eigenvalue weighted by Gasteiger charge is -2.20. The molecule has 0 aliphatic heterocycles. The SMILES string of the molecule is CCN(Cc1cccs1)c1cnc(C(N)=S)cn1. The first-order valence-corrected chi connectivity index (χ1v) is 6.88. The van der Waals surface area contributed by atoms with E-state index in [9.17, 15) is 0 Å². The Bertz CT molecular complexity index is 507. The van der Waals surface area contributed by atoms with Gasteiger partial charge < -0.3 is 10.6 Å². The Morgan fingerprint density at radius 3 is 2.78 bits per heavy atom. The molecule has 0 bridgehead atoms. The minimum Gasteiger partial charge on any atom is -0.388 e. The first-order valence-electron chi connectivity index (χ1n) is 5.60. The maximum Gasteiger partial charge on any atom is 0.147 e. The highest BCUT2D eigenvalue weighted by molar-refractivity contribution is 7.80. The number of thiophene rings is 1. The fraction of sp³-hybridized carbons (Fsp3) is 0.250. The molecule has 0 atom stereocenters. The zero-order chi connectivity index (χ0) is 13.0. The first-order chi connectivity index (χ1) is 8.70. The van der Waals surface area contributed by atoms with Gasteiger partial charge in [-0.3, -0.25) is 0 Å². The van der Waals surface area contributed by atoms with Gasteiger partial charge in [0.2, 0.25) is 0 Å². The topological polar surface area (TPSA) is 55.0 Å². The standard InChI is InChI=1S/C12H14N4S2/c1-2-16(8-9-4-3-5-18-9)11-7-14-10(6-15-11)12(13)17/h3-7H,2,8H2,1H3,(H2,13,17). The van der Waals surface area contributed by atoms with Crippen LogP contribution >= 0.6 is 23.6 Å². The van der Waals surface area contributed by atoms with Crippen LogP contribution in [0.15, 0.2) is 29.9 Å². The van der Waals surface area contributed by atoms with Gasteiger partial charge in [-0.1, -0.05) is 18.3 Å². The molecule has 0 spiro atoms. The predicted molar refractivity (Wildman–Crippen MR) is 79.0 cm³/mol. The average Bonchev–Trinajstić information content (AvgIpc) is 2.89. The molecular formula is C12H14N4S2. The molecule has 2 heterocycles. The van der Waals surface area contributed by atoms with Crippen LogP contribution in [0.3, 0.4) is 0 Å². The van der Waals surface area contributed by atoms with Crippen molar-refractivity contribution >= 4 is 34.4 Å². The van der Waals surface area contributed by atoms with Gasteiger partial charge in [0.1, 0.15) is 16.5 Å². The van der Waals surface area contributed by atoms with Crippen molar-refractivity contribution in [1.29, 1.82) is 0 Å². The maximum atomic E-state index is 5.50. The minimum atomic E-state index is 0.273. The van der Waals surface area contributed by atoms with Crippen LogP contribution in [-0.4, -0.2) is 21.5 Å². The van der Waals surface area contributed by atoms with Gasteiger partial charge >= 0.3 is 0 Å². The molecule has 0 fully saturated rings. The summed E-state index contributed by atoms with van der Waals surface area (Å²) in [6, 6.07) is 4.17. The maximum absolute atomic E-state index is 5.50. The second kappa shape index (κ2) is 5.88. The van der Waals surface area contributed by atoms with Gasteiger partial charge in [0.25, 0.3) is 0 Å². The van der Waals surface area contributed by atoms with Crippen molar-refractivity contribution in [3.05, 3.63) is 40.5 Å². The van der Waals surface area contributed by atoms with Crippen LogP contribution in [0.5, 0.6) is 0 Å². The largest absolute Gasteiger partial charge is 0.388 e. The van der Waals surface area contributed by atoms with Gasteiger partial charge in [-0.15, -0.1) is 11.3 Å². The zero-order valence-electron chi connectivity index (χ0n) is 10.0. The van der Waals surface area contributed by atoms with Crippen molar-refractivity contribution in [2.45, 2.75) is 13.5 Å². The fourth-order valence-corrected chi connectivity index (χ4v) is 2.38. The van der Waals surface area contributed by atoms with Crippen molar-refractivity contribution in [2.75, 3.05) is 11.4 Å². The van der Waals surface area contributed by atoms with Gasteiger partial charge in [0.15, 0.2) is 0 Å². The number of nitrogens with zero attached hydrogens (tertiary/aromatic N) is 3.